The number of nitrogens with zero attached hydrogens (tertiary/aromatic N) is 1. The van der Waals surface area contributed by atoms with E-state index in [2.05, 4.69) is 28.3 Å². The van der Waals surface area contributed by atoms with Gasteiger partial charge in [0.2, 0.25) is 0 Å². The molecule has 0 aliphatic rings. The van der Waals surface area contributed by atoms with Gasteiger partial charge in [0, 0.05) is 18.1 Å². The van der Waals surface area contributed by atoms with Gasteiger partial charge in [-0.25, -0.2) is 0 Å². The number of fused-ring (bicyclic) bond motifs is 1. The van der Waals surface area contributed by atoms with Crippen molar-refractivity contribution in [3.05, 3.63) is 58.1 Å². The van der Waals surface area contributed by atoms with Crippen LogP contribution in [0.25, 0.3) is 10.2 Å². The summed E-state index contributed by atoms with van der Waals surface area (Å²) in [5.74, 6) is -0.0146. The summed E-state index contributed by atoms with van der Waals surface area (Å²) in [6, 6.07) is 11.7. The number of amides is 1. The van der Waals surface area contributed by atoms with Crippen LogP contribution in [0, 0.1) is 0 Å². The van der Waals surface area contributed by atoms with Gasteiger partial charge in [0.05, 0.1) is 10.2 Å². The second kappa shape index (κ2) is 6.55. The Hall–Kier alpha value is -1.78. The minimum Gasteiger partial charge on any atom is -0.350 e. The first kappa shape index (κ1) is 15.1. The van der Waals surface area contributed by atoms with E-state index in [1.807, 2.05) is 30.3 Å². The molecule has 3 aromatic rings. The number of hydrogen-bond acceptors (Lipinski definition) is 2. The van der Waals surface area contributed by atoms with E-state index in [0.29, 0.717) is 6.54 Å². The summed E-state index contributed by atoms with van der Waals surface area (Å²) in [6.45, 7) is 3.46. The average Bonchev–Trinajstić information content (AvgIpc) is 3.09. The highest BCUT2D eigenvalue weighted by molar-refractivity contribution is 7.17. The molecule has 3 nitrogen and oxygen atoms in total. The van der Waals surface area contributed by atoms with Gasteiger partial charge in [0.25, 0.3) is 5.91 Å². The molecule has 114 valence electrons. The van der Waals surface area contributed by atoms with Gasteiger partial charge in [0.15, 0.2) is 0 Å². The molecule has 0 unspecified atom stereocenters. The third-order valence-electron chi connectivity index (χ3n) is 3.68. The Kier molecular flexibility index (Phi) is 4.50. The number of carbonyl (C=O) groups is 1. The standard InChI is InChI=1S/C17H17ClN2OS/c1-2-20-14-8-10-22-16(14)11-15(20)17(21)19-9-7-12-3-5-13(18)6-4-12/h3-6,8,10-11H,2,7,9H2,1H3,(H,19,21). The van der Waals surface area contributed by atoms with E-state index in [1.165, 1.54) is 0 Å². The van der Waals surface area contributed by atoms with Gasteiger partial charge in [-0.1, -0.05) is 23.7 Å². The largest absolute Gasteiger partial charge is 0.350 e. The number of thiophene rings is 1. The predicted molar refractivity (Wildman–Crippen MR) is 93.0 cm³/mol. The minimum atomic E-state index is -0.0146. The highest BCUT2D eigenvalue weighted by atomic mass is 35.5. The summed E-state index contributed by atoms with van der Waals surface area (Å²) in [4.78, 5) is 12.4. The van der Waals surface area contributed by atoms with Crippen LogP contribution in [0.2, 0.25) is 5.02 Å². The molecular weight excluding hydrogens is 316 g/mol. The summed E-state index contributed by atoms with van der Waals surface area (Å²) in [5.41, 5.74) is 3.03. The number of carbonyl (C=O) groups excluding carboxylic acids is 1. The van der Waals surface area contributed by atoms with Crippen molar-refractivity contribution in [1.29, 1.82) is 0 Å². The topological polar surface area (TPSA) is 34.0 Å². The highest BCUT2D eigenvalue weighted by Gasteiger charge is 2.14. The molecule has 22 heavy (non-hydrogen) atoms. The normalized spacial score (nSPS) is 11.0. The Bertz CT molecular complexity index is 789. The van der Waals surface area contributed by atoms with Crippen LogP contribution in [-0.4, -0.2) is 17.0 Å². The molecule has 1 amide bonds. The number of rotatable bonds is 5. The molecular formula is C17H17ClN2OS. The average molecular weight is 333 g/mol. The van der Waals surface area contributed by atoms with Crippen molar-refractivity contribution in [2.24, 2.45) is 0 Å². The van der Waals surface area contributed by atoms with Crippen LogP contribution in [0.4, 0.5) is 0 Å². The van der Waals surface area contributed by atoms with E-state index in [1.54, 1.807) is 11.3 Å². The summed E-state index contributed by atoms with van der Waals surface area (Å²) in [7, 11) is 0. The first-order valence-corrected chi connectivity index (χ1v) is 8.54. The van der Waals surface area contributed by atoms with E-state index < -0.39 is 0 Å². The van der Waals surface area contributed by atoms with Gasteiger partial charge < -0.3 is 9.88 Å². The lowest BCUT2D eigenvalue weighted by atomic mass is 10.1. The SMILES string of the molecule is CCn1c(C(=O)NCCc2ccc(Cl)cc2)cc2sccc21. The Balaban J connectivity index is 1.65. The fourth-order valence-corrected chi connectivity index (χ4v) is 3.52. The van der Waals surface area contributed by atoms with Crippen LogP contribution >= 0.6 is 22.9 Å². The van der Waals surface area contributed by atoms with Gasteiger partial charge in [-0.3, -0.25) is 4.79 Å². The second-order valence-corrected chi connectivity index (χ2v) is 6.46. The minimum absolute atomic E-state index is 0.0146. The number of hydrogen-bond donors (Lipinski definition) is 1. The Morgan fingerprint density at radius 2 is 2.05 bits per heavy atom. The molecule has 0 radical (unpaired) electrons. The first-order valence-electron chi connectivity index (χ1n) is 7.28. The zero-order valence-corrected chi connectivity index (χ0v) is 13.9. The van der Waals surface area contributed by atoms with Crippen LogP contribution in [-0.2, 0) is 13.0 Å². The molecule has 1 aromatic carbocycles. The fourth-order valence-electron chi connectivity index (χ4n) is 2.57. The summed E-state index contributed by atoms with van der Waals surface area (Å²) < 4.78 is 3.22. The predicted octanol–water partition coefficient (Wildman–Crippen LogP) is 4.35. The monoisotopic (exact) mass is 332 g/mol. The highest BCUT2D eigenvalue weighted by Crippen LogP contribution is 2.25. The maximum absolute atomic E-state index is 12.4. The number of nitrogens with one attached hydrogen (secondary N) is 1. The quantitative estimate of drug-likeness (QED) is 0.740. The molecule has 0 atom stereocenters. The number of aromatic nitrogens is 1. The molecule has 0 saturated heterocycles. The van der Waals surface area contributed by atoms with Crippen molar-refractivity contribution >= 4 is 39.1 Å². The summed E-state index contributed by atoms with van der Waals surface area (Å²) in [5, 5.41) is 5.78. The van der Waals surface area contributed by atoms with Gasteiger partial charge in [0.1, 0.15) is 5.69 Å². The van der Waals surface area contributed by atoms with Gasteiger partial charge >= 0.3 is 0 Å². The molecule has 0 aliphatic heterocycles. The Morgan fingerprint density at radius 3 is 2.77 bits per heavy atom. The summed E-state index contributed by atoms with van der Waals surface area (Å²) in [6.07, 6.45) is 0.796. The van der Waals surface area contributed by atoms with Crippen molar-refractivity contribution in [2.75, 3.05) is 6.54 Å². The van der Waals surface area contributed by atoms with Crippen molar-refractivity contribution in [3.8, 4) is 0 Å². The van der Waals surface area contributed by atoms with Crippen LogP contribution < -0.4 is 5.32 Å². The summed E-state index contributed by atoms with van der Waals surface area (Å²) >= 11 is 7.53. The molecule has 0 spiro atoms. The third-order valence-corrected chi connectivity index (χ3v) is 4.79. The fraction of sp³-hybridized carbons (Fsp3) is 0.235. The Morgan fingerprint density at radius 1 is 1.27 bits per heavy atom. The molecule has 2 aromatic heterocycles. The third kappa shape index (κ3) is 3.03. The zero-order chi connectivity index (χ0) is 15.5. The van der Waals surface area contributed by atoms with Crippen LogP contribution in [0.5, 0.6) is 0 Å². The van der Waals surface area contributed by atoms with Crippen LogP contribution in [0.3, 0.4) is 0 Å². The van der Waals surface area contributed by atoms with Crippen LogP contribution in [0.15, 0.2) is 41.8 Å². The lowest BCUT2D eigenvalue weighted by Crippen LogP contribution is -2.27. The second-order valence-electron chi connectivity index (χ2n) is 5.08. The van der Waals surface area contributed by atoms with Gasteiger partial charge in [-0.05, 0) is 48.6 Å². The zero-order valence-electron chi connectivity index (χ0n) is 12.3. The van der Waals surface area contributed by atoms with E-state index in [-0.39, 0.29) is 5.91 Å². The van der Waals surface area contributed by atoms with E-state index in [0.717, 1.165) is 39.5 Å². The maximum atomic E-state index is 12.4. The number of benzene rings is 1. The van der Waals surface area contributed by atoms with Crippen LogP contribution in [0.1, 0.15) is 23.0 Å². The molecule has 0 aliphatic carbocycles. The molecule has 0 bridgehead atoms. The number of aryl methyl sites for hydroxylation is 1. The molecule has 3 rings (SSSR count). The van der Waals surface area contributed by atoms with E-state index in [4.69, 9.17) is 11.6 Å². The van der Waals surface area contributed by atoms with Gasteiger partial charge in [-0.15, -0.1) is 11.3 Å². The lowest BCUT2D eigenvalue weighted by molar-refractivity contribution is 0.0945. The molecule has 0 saturated carbocycles. The van der Waals surface area contributed by atoms with Crippen molar-refractivity contribution in [2.45, 2.75) is 19.9 Å². The smallest absolute Gasteiger partial charge is 0.267 e. The molecule has 1 N–H and O–H groups in total. The first-order chi connectivity index (χ1) is 10.7. The maximum Gasteiger partial charge on any atom is 0.267 e. The van der Waals surface area contributed by atoms with Gasteiger partial charge in [-0.2, -0.15) is 0 Å². The Labute approximate surface area is 138 Å². The van der Waals surface area contributed by atoms with E-state index in [9.17, 15) is 4.79 Å². The van der Waals surface area contributed by atoms with Crippen molar-refractivity contribution in [1.82, 2.24) is 9.88 Å². The van der Waals surface area contributed by atoms with Crippen molar-refractivity contribution in [3.63, 3.8) is 0 Å². The molecule has 5 heteroatoms. The lowest BCUT2D eigenvalue weighted by Gasteiger charge is -2.08. The van der Waals surface area contributed by atoms with E-state index >= 15 is 0 Å². The number of halogens is 1. The van der Waals surface area contributed by atoms with Crippen molar-refractivity contribution < 1.29 is 4.79 Å². The molecule has 0 fully saturated rings. The molecule has 2 heterocycles.